The van der Waals surface area contributed by atoms with E-state index in [1.807, 2.05) is 30.3 Å². The largest absolute Gasteiger partial charge is 0.461 e. The average Bonchev–Trinajstić information content (AvgIpc) is 3.63. The minimum absolute atomic E-state index is 0.0122. The van der Waals surface area contributed by atoms with Crippen LogP contribution < -0.4 is 9.64 Å². The maximum Gasteiger partial charge on any atom is 0.410 e. The number of hydrogen-bond acceptors (Lipinski definition) is 9. The van der Waals surface area contributed by atoms with Crippen molar-refractivity contribution in [3.63, 3.8) is 0 Å². The minimum Gasteiger partial charge on any atom is -0.461 e. The summed E-state index contributed by atoms with van der Waals surface area (Å²) in [6.07, 6.45) is 1.64. The number of fused-ring (bicyclic) bond motifs is 2. The Hall–Kier alpha value is -5.03. The van der Waals surface area contributed by atoms with Gasteiger partial charge in [-0.15, -0.1) is 0 Å². The van der Waals surface area contributed by atoms with Crippen molar-refractivity contribution in [2.75, 3.05) is 44.2 Å². The van der Waals surface area contributed by atoms with Crippen molar-refractivity contribution in [1.29, 1.82) is 5.26 Å². The van der Waals surface area contributed by atoms with Crippen molar-refractivity contribution in [3.8, 4) is 23.3 Å². The SMILES string of the molecule is N#CC[C@H]1CN(c2nc(OC[C@@]34CCCN3C[C@H](F)C4)nc3c(F)c(-c4cc(F)ccc4F)ncc23)CCN1C(=O)OCc1ccccc1. The Balaban J connectivity index is 1.22. The molecule has 0 spiro atoms. The lowest BCUT2D eigenvalue weighted by Gasteiger charge is -2.40. The van der Waals surface area contributed by atoms with Crippen LogP contribution in [-0.4, -0.2) is 87.9 Å². The molecular weight excluding hydrogens is 642 g/mol. The molecule has 49 heavy (non-hydrogen) atoms. The Morgan fingerprint density at radius 1 is 1.06 bits per heavy atom. The Labute approximate surface area is 279 Å². The number of carbonyl (C=O) groups is 1. The third-order valence-electron chi connectivity index (χ3n) is 9.61. The molecule has 0 unspecified atom stereocenters. The number of alkyl halides is 1. The Morgan fingerprint density at radius 2 is 1.90 bits per heavy atom. The average molecular weight is 676 g/mol. The Bertz CT molecular complexity index is 1910. The van der Waals surface area contributed by atoms with Crippen molar-refractivity contribution in [3.05, 3.63) is 77.7 Å². The number of aromatic nitrogens is 3. The summed E-state index contributed by atoms with van der Waals surface area (Å²) in [7, 11) is 0. The predicted octanol–water partition coefficient (Wildman–Crippen LogP) is 5.81. The van der Waals surface area contributed by atoms with Crippen LogP contribution in [0, 0.1) is 28.8 Å². The van der Waals surface area contributed by atoms with E-state index >= 15 is 4.39 Å². The van der Waals surface area contributed by atoms with Gasteiger partial charge in [0.2, 0.25) is 0 Å². The molecule has 0 saturated carbocycles. The van der Waals surface area contributed by atoms with E-state index in [2.05, 4.69) is 25.9 Å². The van der Waals surface area contributed by atoms with E-state index in [-0.39, 0.29) is 67.6 Å². The van der Waals surface area contributed by atoms with E-state index in [0.717, 1.165) is 43.1 Å². The van der Waals surface area contributed by atoms with Gasteiger partial charge in [0.05, 0.1) is 29.5 Å². The molecule has 5 heterocycles. The van der Waals surface area contributed by atoms with Crippen LogP contribution in [0.4, 0.5) is 28.2 Å². The van der Waals surface area contributed by atoms with Gasteiger partial charge in [0.1, 0.15) is 48.0 Å². The van der Waals surface area contributed by atoms with Gasteiger partial charge in [-0.1, -0.05) is 30.3 Å². The van der Waals surface area contributed by atoms with Crippen LogP contribution in [0.5, 0.6) is 6.01 Å². The molecule has 254 valence electrons. The Morgan fingerprint density at radius 3 is 2.71 bits per heavy atom. The first-order chi connectivity index (χ1) is 23.7. The van der Waals surface area contributed by atoms with Gasteiger partial charge in [-0.3, -0.25) is 9.88 Å². The van der Waals surface area contributed by atoms with E-state index in [4.69, 9.17) is 9.47 Å². The number of rotatable bonds is 8. The van der Waals surface area contributed by atoms with Crippen LogP contribution >= 0.6 is 0 Å². The van der Waals surface area contributed by atoms with Crippen molar-refractivity contribution in [1.82, 2.24) is 24.8 Å². The molecule has 3 aliphatic rings. The molecule has 0 bridgehead atoms. The molecule has 2 aromatic carbocycles. The molecule has 1 amide bonds. The van der Waals surface area contributed by atoms with Gasteiger partial charge in [-0.25, -0.2) is 22.4 Å². The fraction of sp³-hybridized carbons (Fsp3) is 0.400. The van der Waals surface area contributed by atoms with Gasteiger partial charge >= 0.3 is 12.1 Å². The number of pyridine rings is 1. The van der Waals surface area contributed by atoms with E-state index in [0.29, 0.717) is 13.0 Å². The first-order valence-corrected chi connectivity index (χ1v) is 16.2. The number of anilines is 1. The molecular formula is C35H33F4N7O3. The van der Waals surface area contributed by atoms with Gasteiger partial charge in [-0.2, -0.15) is 15.2 Å². The summed E-state index contributed by atoms with van der Waals surface area (Å²) in [6.45, 7) is 1.75. The van der Waals surface area contributed by atoms with Crippen molar-refractivity contribution in [2.45, 2.75) is 50.0 Å². The highest BCUT2D eigenvalue weighted by Gasteiger charge is 2.49. The van der Waals surface area contributed by atoms with Crippen LogP contribution in [0.1, 0.15) is 31.2 Å². The first-order valence-electron chi connectivity index (χ1n) is 16.2. The number of piperazine rings is 1. The van der Waals surface area contributed by atoms with Crippen LogP contribution in [0.15, 0.2) is 54.7 Å². The van der Waals surface area contributed by atoms with Gasteiger partial charge in [-0.05, 0) is 43.1 Å². The van der Waals surface area contributed by atoms with Gasteiger partial charge in [0, 0.05) is 44.4 Å². The second-order valence-corrected chi connectivity index (χ2v) is 12.7. The van der Waals surface area contributed by atoms with Crippen LogP contribution in [0.2, 0.25) is 0 Å². The second-order valence-electron chi connectivity index (χ2n) is 12.7. The number of hydrogen-bond donors (Lipinski definition) is 0. The molecule has 0 N–H and O–H groups in total. The quantitative estimate of drug-likeness (QED) is 0.214. The zero-order valence-electron chi connectivity index (χ0n) is 26.5. The summed E-state index contributed by atoms with van der Waals surface area (Å²) >= 11 is 0. The molecule has 7 rings (SSSR count). The van der Waals surface area contributed by atoms with Crippen LogP contribution in [0.25, 0.3) is 22.2 Å². The maximum atomic E-state index is 16.3. The lowest BCUT2D eigenvalue weighted by atomic mass is 9.95. The molecule has 2 aromatic heterocycles. The number of benzene rings is 2. The molecule has 3 atom stereocenters. The summed E-state index contributed by atoms with van der Waals surface area (Å²) < 4.78 is 71.3. The van der Waals surface area contributed by atoms with Crippen molar-refractivity contribution < 1.29 is 31.8 Å². The van der Waals surface area contributed by atoms with Gasteiger partial charge < -0.3 is 19.3 Å². The summed E-state index contributed by atoms with van der Waals surface area (Å²) in [5.41, 5.74) is -0.762. The fourth-order valence-corrected chi connectivity index (χ4v) is 7.21. The van der Waals surface area contributed by atoms with Crippen molar-refractivity contribution in [2.24, 2.45) is 0 Å². The zero-order valence-corrected chi connectivity index (χ0v) is 26.5. The number of amides is 1. The van der Waals surface area contributed by atoms with Crippen LogP contribution in [0.3, 0.4) is 0 Å². The predicted molar refractivity (Wildman–Crippen MR) is 171 cm³/mol. The number of halogens is 4. The molecule has 3 fully saturated rings. The highest BCUT2D eigenvalue weighted by Crippen LogP contribution is 2.41. The third-order valence-corrected chi connectivity index (χ3v) is 9.61. The molecule has 0 aliphatic carbocycles. The maximum absolute atomic E-state index is 16.3. The van der Waals surface area contributed by atoms with E-state index in [1.54, 1.807) is 4.90 Å². The highest BCUT2D eigenvalue weighted by atomic mass is 19.1. The molecule has 3 aliphatic heterocycles. The topological polar surface area (TPSA) is 108 Å². The lowest BCUT2D eigenvalue weighted by molar-refractivity contribution is 0.0768. The lowest BCUT2D eigenvalue weighted by Crippen LogP contribution is -2.55. The third kappa shape index (κ3) is 6.42. The van der Waals surface area contributed by atoms with Gasteiger partial charge in [0.15, 0.2) is 5.82 Å². The van der Waals surface area contributed by atoms with Crippen LogP contribution in [-0.2, 0) is 11.3 Å². The first kappa shape index (κ1) is 32.5. The molecule has 3 saturated heterocycles. The molecule has 14 heteroatoms. The summed E-state index contributed by atoms with van der Waals surface area (Å²) in [6, 6.07) is 13.3. The second kappa shape index (κ2) is 13.5. The monoisotopic (exact) mass is 675 g/mol. The molecule has 10 nitrogen and oxygen atoms in total. The highest BCUT2D eigenvalue weighted by molar-refractivity contribution is 5.92. The number of nitriles is 1. The van der Waals surface area contributed by atoms with E-state index in [1.165, 1.54) is 11.1 Å². The summed E-state index contributed by atoms with van der Waals surface area (Å²) in [5, 5.41) is 9.81. The molecule has 4 aromatic rings. The molecule has 0 radical (unpaired) electrons. The summed E-state index contributed by atoms with van der Waals surface area (Å²) in [4.78, 5) is 31.7. The van der Waals surface area contributed by atoms with Crippen molar-refractivity contribution >= 4 is 22.8 Å². The fourth-order valence-electron chi connectivity index (χ4n) is 7.21. The Kier molecular flexibility index (Phi) is 8.94. The number of nitrogens with zero attached hydrogens (tertiary/aromatic N) is 7. The zero-order chi connectivity index (χ0) is 34.1. The van der Waals surface area contributed by atoms with Gasteiger partial charge in [0.25, 0.3) is 0 Å². The smallest absolute Gasteiger partial charge is 0.410 e. The van der Waals surface area contributed by atoms with E-state index in [9.17, 15) is 23.2 Å². The summed E-state index contributed by atoms with van der Waals surface area (Å²) in [5.74, 6) is -2.40. The minimum atomic E-state index is -1.00. The van der Waals surface area contributed by atoms with E-state index < -0.39 is 47.0 Å². The number of ether oxygens (including phenoxy) is 2. The standard InChI is InChI=1S/C35H33F4N7O3/c36-23-7-8-28(38)26(15-23)30-29(39)31-27(17-41-30)32(43-33(42-31)49-21-35-10-4-12-45(35)18-24(37)16-35)44-13-14-46(25(19-44)9-11-40)34(47)48-20-22-5-2-1-3-6-22/h1-3,5-8,15,17,24-25H,4,9-10,12-14,16,18-21H2/t24-,25+,35+/m1/s1. The number of carbonyl (C=O) groups excluding carboxylic acids is 1. The normalized spacial score (nSPS) is 22.3.